The first-order chi connectivity index (χ1) is 13.3. The summed E-state index contributed by atoms with van der Waals surface area (Å²) in [5.41, 5.74) is 6.76. The number of carbonyl (C=O) groups excluding carboxylic acids is 2. The van der Waals surface area contributed by atoms with Crippen LogP contribution in [-0.4, -0.2) is 56.1 Å². The van der Waals surface area contributed by atoms with Crippen molar-refractivity contribution in [2.75, 3.05) is 0 Å². The van der Waals surface area contributed by atoms with Gasteiger partial charge < -0.3 is 31.6 Å². The number of aromatic nitrogens is 2. The van der Waals surface area contributed by atoms with Gasteiger partial charge in [0.2, 0.25) is 11.8 Å². The number of hydrogen-bond donors (Lipinski definition) is 6. The van der Waals surface area contributed by atoms with Crippen molar-refractivity contribution in [3.05, 3.63) is 48.0 Å². The summed E-state index contributed by atoms with van der Waals surface area (Å²) in [6.45, 7) is 1.48. The van der Waals surface area contributed by atoms with Crippen molar-refractivity contribution in [1.29, 1.82) is 0 Å². The van der Waals surface area contributed by atoms with Gasteiger partial charge in [-0.2, -0.15) is 0 Å². The molecule has 1 heterocycles. The first kappa shape index (κ1) is 20.9. The molecule has 10 nitrogen and oxygen atoms in total. The molecule has 0 aliphatic heterocycles. The minimum Gasteiger partial charge on any atom is -0.508 e. The Balaban J connectivity index is 2.11. The van der Waals surface area contributed by atoms with Gasteiger partial charge >= 0.3 is 5.97 Å². The highest BCUT2D eigenvalue weighted by molar-refractivity contribution is 5.91. The molecular formula is C18H23N5O5. The Bertz CT molecular complexity index is 804. The molecule has 0 aliphatic rings. The van der Waals surface area contributed by atoms with Gasteiger partial charge in [0, 0.05) is 24.7 Å². The Labute approximate surface area is 161 Å². The Morgan fingerprint density at radius 3 is 2.29 bits per heavy atom. The number of nitrogens with one attached hydrogen (secondary N) is 3. The molecule has 0 fully saturated rings. The molecule has 2 amide bonds. The van der Waals surface area contributed by atoms with Gasteiger partial charge in [-0.15, -0.1) is 0 Å². The number of nitrogens with two attached hydrogens (primary N) is 1. The fraction of sp³-hybridized carbons (Fsp3) is 0.333. The molecule has 0 aliphatic carbocycles. The van der Waals surface area contributed by atoms with Crippen LogP contribution in [0.3, 0.4) is 0 Å². The number of carbonyl (C=O) groups is 3. The van der Waals surface area contributed by atoms with Crippen LogP contribution in [0.15, 0.2) is 36.8 Å². The highest BCUT2D eigenvalue weighted by atomic mass is 16.4. The summed E-state index contributed by atoms with van der Waals surface area (Å²) in [4.78, 5) is 42.9. The number of amides is 2. The third-order valence-electron chi connectivity index (χ3n) is 4.02. The van der Waals surface area contributed by atoms with Crippen molar-refractivity contribution < 1.29 is 24.6 Å². The smallest absolute Gasteiger partial charge is 0.326 e. The molecule has 0 unspecified atom stereocenters. The molecule has 0 radical (unpaired) electrons. The lowest BCUT2D eigenvalue weighted by Crippen LogP contribution is -2.55. The van der Waals surface area contributed by atoms with Crippen LogP contribution in [0.5, 0.6) is 5.75 Å². The van der Waals surface area contributed by atoms with Crippen LogP contribution >= 0.6 is 0 Å². The number of H-pyrrole nitrogens is 1. The summed E-state index contributed by atoms with van der Waals surface area (Å²) in [6, 6.07) is 2.92. The van der Waals surface area contributed by atoms with Gasteiger partial charge in [-0.1, -0.05) is 12.1 Å². The van der Waals surface area contributed by atoms with Gasteiger partial charge in [-0.05, 0) is 24.6 Å². The van der Waals surface area contributed by atoms with Crippen molar-refractivity contribution in [2.45, 2.75) is 37.9 Å². The number of imidazole rings is 1. The standard InChI is InChI=1S/C18H23N5O5/c1-10(19)16(25)22-14(7-12-8-20-9-21-12)17(26)23-15(18(27)28)6-11-2-4-13(24)5-3-11/h2-5,8-10,14-15,24H,6-7,19H2,1H3,(H,20,21)(H,22,25)(H,23,26)(H,27,28)/t10-,14-,15-/m0/s1. The van der Waals surface area contributed by atoms with E-state index in [2.05, 4.69) is 20.6 Å². The van der Waals surface area contributed by atoms with Crippen molar-refractivity contribution in [3.63, 3.8) is 0 Å². The van der Waals surface area contributed by atoms with E-state index in [-0.39, 0.29) is 18.6 Å². The number of carboxylic acid groups (broad SMARTS) is 1. The number of rotatable bonds is 9. The monoisotopic (exact) mass is 389 g/mol. The normalized spacial score (nSPS) is 13.9. The second-order valence-corrected chi connectivity index (χ2v) is 6.40. The van der Waals surface area contributed by atoms with Crippen LogP contribution in [0.25, 0.3) is 0 Å². The first-order valence-electron chi connectivity index (χ1n) is 8.60. The summed E-state index contributed by atoms with van der Waals surface area (Å²) in [6.07, 6.45) is 3.04. The van der Waals surface area contributed by atoms with Crippen LogP contribution in [0.2, 0.25) is 0 Å². The molecule has 0 saturated carbocycles. The van der Waals surface area contributed by atoms with Gasteiger partial charge in [0.25, 0.3) is 0 Å². The van der Waals surface area contributed by atoms with E-state index in [4.69, 9.17) is 5.73 Å². The lowest BCUT2D eigenvalue weighted by atomic mass is 10.0. The lowest BCUT2D eigenvalue weighted by molar-refractivity contribution is -0.142. The minimum absolute atomic E-state index is 0.0133. The number of benzene rings is 1. The van der Waals surface area contributed by atoms with E-state index in [0.29, 0.717) is 11.3 Å². The van der Waals surface area contributed by atoms with E-state index in [0.717, 1.165) is 0 Å². The second-order valence-electron chi connectivity index (χ2n) is 6.40. The summed E-state index contributed by atoms with van der Waals surface area (Å²) in [5, 5.41) is 23.7. The fourth-order valence-electron chi connectivity index (χ4n) is 2.47. The number of aromatic amines is 1. The SMILES string of the molecule is C[C@H](N)C(=O)N[C@@H](Cc1cnc[nH]1)C(=O)N[C@@H](Cc1ccc(O)cc1)C(=O)O. The summed E-state index contributed by atoms with van der Waals surface area (Å²) < 4.78 is 0. The maximum Gasteiger partial charge on any atom is 0.326 e. The molecule has 2 aromatic rings. The van der Waals surface area contributed by atoms with E-state index in [9.17, 15) is 24.6 Å². The Morgan fingerprint density at radius 2 is 1.75 bits per heavy atom. The molecule has 3 atom stereocenters. The third-order valence-corrected chi connectivity index (χ3v) is 4.02. The molecule has 10 heteroatoms. The van der Waals surface area contributed by atoms with E-state index in [1.807, 2.05) is 0 Å². The Hall–Kier alpha value is -3.40. The molecule has 0 bridgehead atoms. The molecular weight excluding hydrogens is 366 g/mol. The Morgan fingerprint density at radius 1 is 1.11 bits per heavy atom. The van der Waals surface area contributed by atoms with Crippen molar-refractivity contribution in [1.82, 2.24) is 20.6 Å². The second kappa shape index (κ2) is 9.51. The molecule has 1 aromatic carbocycles. The van der Waals surface area contributed by atoms with Crippen molar-refractivity contribution in [3.8, 4) is 5.75 Å². The number of aromatic hydroxyl groups is 1. The summed E-state index contributed by atoms with van der Waals surface area (Å²) in [5.74, 6) is -2.36. The summed E-state index contributed by atoms with van der Waals surface area (Å²) in [7, 11) is 0. The number of nitrogens with zero attached hydrogens (tertiary/aromatic N) is 1. The van der Waals surface area contributed by atoms with E-state index < -0.39 is 35.9 Å². The number of phenolic OH excluding ortho intramolecular Hbond substituents is 1. The zero-order valence-corrected chi connectivity index (χ0v) is 15.3. The number of aliphatic carboxylic acids is 1. The maximum atomic E-state index is 12.7. The number of carboxylic acids is 1. The zero-order valence-electron chi connectivity index (χ0n) is 15.3. The average Bonchev–Trinajstić information content (AvgIpc) is 3.15. The maximum absolute atomic E-state index is 12.7. The van der Waals surface area contributed by atoms with Crippen LogP contribution in [0.4, 0.5) is 0 Å². The van der Waals surface area contributed by atoms with Crippen LogP contribution in [0, 0.1) is 0 Å². The van der Waals surface area contributed by atoms with E-state index in [1.54, 1.807) is 12.1 Å². The molecule has 2 rings (SSSR count). The third kappa shape index (κ3) is 6.09. The molecule has 0 saturated heterocycles. The van der Waals surface area contributed by atoms with E-state index in [1.165, 1.54) is 31.6 Å². The summed E-state index contributed by atoms with van der Waals surface area (Å²) >= 11 is 0. The highest BCUT2D eigenvalue weighted by Crippen LogP contribution is 2.12. The highest BCUT2D eigenvalue weighted by Gasteiger charge is 2.28. The molecule has 0 spiro atoms. The van der Waals surface area contributed by atoms with E-state index >= 15 is 0 Å². The quantitative estimate of drug-likeness (QED) is 0.329. The zero-order chi connectivity index (χ0) is 20.7. The topological polar surface area (TPSA) is 170 Å². The van der Waals surface area contributed by atoms with Crippen LogP contribution in [0.1, 0.15) is 18.2 Å². The largest absolute Gasteiger partial charge is 0.508 e. The first-order valence-corrected chi connectivity index (χ1v) is 8.60. The number of phenols is 1. The Kier molecular flexibility index (Phi) is 7.10. The molecule has 28 heavy (non-hydrogen) atoms. The van der Waals surface area contributed by atoms with Gasteiger partial charge in [0.1, 0.15) is 17.8 Å². The molecule has 1 aromatic heterocycles. The van der Waals surface area contributed by atoms with Crippen molar-refractivity contribution >= 4 is 17.8 Å². The van der Waals surface area contributed by atoms with Gasteiger partial charge in [0.15, 0.2) is 0 Å². The fourth-order valence-corrected chi connectivity index (χ4v) is 2.47. The van der Waals surface area contributed by atoms with Gasteiger partial charge in [-0.3, -0.25) is 9.59 Å². The van der Waals surface area contributed by atoms with Gasteiger partial charge in [0.05, 0.1) is 12.4 Å². The average molecular weight is 389 g/mol. The predicted octanol–water partition coefficient (Wildman–Crippen LogP) is -0.698. The minimum atomic E-state index is -1.22. The molecule has 7 N–H and O–H groups in total. The number of hydrogen-bond acceptors (Lipinski definition) is 6. The lowest BCUT2D eigenvalue weighted by Gasteiger charge is -2.22. The predicted molar refractivity (Wildman–Crippen MR) is 99.2 cm³/mol. The van der Waals surface area contributed by atoms with Crippen LogP contribution in [-0.2, 0) is 27.2 Å². The van der Waals surface area contributed by atoms with Crippen LogP contribution < -0.4 is 16.4 Å². The van der Waals surface area contributed by atoms with Crippen molar-refractivity contribution in [2.24, 2.45) is 5.73 Å². The van der Waals surface area contributed by atoms with Gasteiger partial charge in [-0.25, -0.2) is 9.78 Å². The molecule has 150 valence electrons.